The Hall–Kier alpha value is -1.02. The number of halogens is 1. The second-order valence-electron chi connectivity index (χ2n) is 2.68. The van der Waals surface area contributed by atoms with E-state index in [1.165, 1.54) is 0 Å². The highest BCUT2D eigenvalue weighted by Gasteiger charge is 2.09. The largest absolute Gasteiger partial charge is 0.457 e. The average molecular weight is 199 g/mol. The van der Waals surface area contributed by atoms with Crippen molar-refractivity contribution in [3.63, 3.8) is 0 Å². The summed E-state index contributed by atoms with van der Waals surface area (Å²) in [5.74, 6) is -0.491. The lowest BCUT2D eigenvalue weighted by Gasteiger charge is -2.11. The van der Waals surface area contributed by atoms with Gasteiger partial charge in [-0.3, -0.25) is 4.79 Å². The van der Waals surface area contributed by atoms with Gasteiger partial charge in [0.1, 0.15) is 12.0 Å². The Morgan fingerprint density at radius 3 is 2.62 bits per heavy atom. The van der Waals surface area contributed by atoms with Crippen LogP contribution in [0.4, 0.5) is 0 Å². The summed E-state index contributed by atoms with van der Waals surface area (Å²) in [6, 6.07) is 9.54. The van der Waals surface area contributed by atoms with Gasteiger partial charge in [0.15, 0.2) is 0 Å². The molecule has 0 aliphatic heterocycles. The Labute approximate surface area is 82.5 Å². The number of alkyl halides is 1. The standard InChI is InChI=1S/C10H11ClO2/c1-8(13-10(12)7-11)9-5-3-2-4-6-9/h2-6,8H,7H2,1H3. The zero-order valence-corrected chi connectivity index (χ0v) is 8.12. The molecular weight excluding hydrogens is 188 g/mol. The molecule has 0 saturated heterocycles. The first-order chi connectivity index (χ1) is 6.24. The number of benzene rings is 1. The van der Waals surface area contributed by atoms with Gasteiger partial charge in [-0.25, -0.2) is 0 Å². The molecule has 1 rings (SSSR count). The molecule has 0 aromatic heterocycles. The molecule has 0 fully saturated rings. The molecule has 13 heavy (non-hydrogen) atoms. The number of carbonyl (C=O) groups is 1. The van der Waals surface area contributed by atoms with Crippen LogP contribution in [0.2, 0.25) is 0 Å². The molecule has 0 amide bonds. The SMILES string of the molecule is CC(OC(=O)CCl)c1ccccc1. The van der Waals surface area contributed by atoms with E-state index in [1.807, 2.05) is 37.3 Å². The van der Waals surface area contributed by atoms with Crippen LogP contribution in [0.1, 0.15) is 18.6 Å². The van der Waals surface area contributed by atoms with Crippen molar-refractivity contribution < 1.29 is 9.53 Å². The van der Waals surface area contributed by atoms with Crippen molar-refractivity contribution in [2.75, 3.05) is 5.88 Å². The summed E-state index contributed by atoms with van der Waals surface area (Å²) in [4.78, 5) is 10.8. The van der Waals surface area contributed by atoms with E-state index in [9.17, 15) is 4.79 Å². The van der Waals surface area contributed by atoms with Crippen LogP contribution in [0.15, 0.2) is 30.3 Å². The van der Waals surface area contributed by atoms with Gasteiger partial charge in [0, 0.05) is 0 Å². The van der Waals surface area contributed by atoms with E-state index in [1.54, 1.807) is 0 Å². The molecule has 2 nitrogen and oxygen atoms in total. The van der Waals surface area contributed by atoms with E-state index in [0.29, 0.717) is 0 Å². The van der Waals surface area contributed by atoms with E-state index in [-0.39, 0.29) is 12.0 Å². The molecule has 0 aliphatic rings. The Bertz CT molecular complexity index is 272. The first kappa shape index (κ1) is 10.1. The zero-order valence-electron chi connectivity index (χ0n) is 7.37. The molecule has 0 radical (unpaired) electrons. The molecule has 0 N–H and O–H groups in total. The van der Waals surface area contributed by atoms with E-state index in [4.69, 9.17) is 16.3 Å². The summed E-state index contributed by atoms with van der Waals surface area (Å²) in [6.07, 6.45) is -0.229. The normalized spacial score (nSPS) is 12.2. The van der Waals surface area contributed by atoms with Gasteiger partial charge in [0.2, 0.25) is 0 Å². The predicted octanol–water partition coefficient (Wildman–Crippen LogP) is 2.53. The van der Waals surface area contributed by atoms with E-state index >= 15 is 0 Å². The van der Waals surface area contributed by atoms with Gasteiger partial charge in [0.25, 0.3) is 0 Å². The van der Waals surface area contributed by atoms with Crippen molar-refractivity contribution in [2.45, 2.75) is 13.0 Å². The Kier molecular flexibility index (Phi) is 3.77. The van der Waals surface area contributed by atoms with E-state index in [2.05, 4.69) is 0 Å². The van der Waals surface area contributed by atoms with Crippen molar-refractivity contribution in [3.8, 4) is 0 Å². The summed E-state index contributed by atoms with van der Waals surface area (Å²) in [5, 5.41) is 0. The van der Waals surface area contributed by atoms with Crippen LogP contribution < -0.4 is 0 Å². The fourth-order valence-electron chi connectivity index (χ4n) is 1.02. The van der Waals surface area contributed by atoms with Crippen LogP contribution in [0.5, 0.6) is 0 Å². The molecule has 1 atom stereocenters. The van der Waals surface area contributed by atoms with Crippen molar-refractivity contribution in [3.05, 3.63) is 35.9 Å². The van der Waals surface area contributed by atoms with Crippen LogP contribution in [-0.2, 0) is 9.53 Å². The first-order valence-electron chi connectivity index (χ1n) is 4.04. The smallest absolute Gasteiger partial charge is 0.321 e. The molecule has 0 bridgehead atoms. The molecule has 70 valence electrons. The molecule has 0 saturated carbocycles. The maximum absolute atomic E-state index is 10.8. The maximum atomic E-state index is 10.8. The van der Waals surface area contributed by atoms with Crippen LogP contribution in [0, 0.1) is 0 Å². The molecule has 0 spiro atoms. The lowest BCUT2D eigenvalue weighted by molar-refractivity contribution is -0.145. The van der Waals surface area contributed by atoms with E-state index < -0.39 is 5.97 Å². The van der Waals surface area contributed by atoms with Crippen molar-refractivity contribution in [1.82, 2.24) is 0 Å². The minimum atomic E-state index is -0.391. The van der Waals surface area contributed by atoms with Gasteiger partial charge in [-0.05, 0) is 12.5 Å². The van der Waals surface area contributed by atoms with Gasteiger partial charge in [0.05, 0.1) is 0 Å². The third-order valence-electron chi connectivity index (χ3n) is 1.69. The van der Waals surface area contributed by atoms with E-state index in [0.717, 1.165) is 5.56 Å². The molecule has 1 unspecified atom stereocenters. The number of hydrogen-bond donors (Lipinski definition) is 0. The van der Waals surface area contributed by atoms with Gasteiger partial charge < -0.3 is 4.74 Å². The maximum Gasteiger partial charge on any atom is 0.321 e. The number of rotatable bonds is 3. The number of hydrogen-bond acceptors (Lipinski definition) is 2. The Morgan fingerprint density at radius 2 is 2.08 bits per heavy atom. The lowest BCUT2D eigenvalue weighted by Crippen LogP contribution is -2.09. The molecule has 1 aromatic carbocycles. The van der Waals surface area contributed by atoms with Crippen molar-refractivity contribution >= 4 is 17.6 Å². The minimum Gasteiger partial charge on any atom is -0.457 e. The lowest BCUT2D eigenvalue weighted by atomic mass is 10.1. The van der Waals surface area contributed by atoms with Crippen LogP contribution in [-0.4, -0.2) is 11.8 Å². The van der Waals surface area contributed by atoms with Gasteiger partial charge >= 0.3 is 5.97 Å². The minimum absolute atomic E-state index is 0.100. The second-order valence-corrected chi connectivity index (χ2v) is 2.94. The Morgan fingerprint density at radius 1 is 1.46 bits per heavy atom. The Balaban J connectivity index is 2.59. The fraction of sp³-hybridized carbons (Fsp3) is 0.300. The topological polar surface area (TPSA) is 26.3 Å². The summed E-state index contributed by atoms with van der Waals surface area (Å²) in [6.45, 7) is 1.82. The molecular formula is C10H11ClO2. The number of carbonyl (C=O) groups excluding carboxylic acids is 1. The van der Waals surface area contributed by atoms with Crippen molar-refractivity contribution in [2.24, 2.45) is 0 Å². The van der Waals surface area contributed by atoms with Gasteiger partial charge in [-0.15, -0.1) is 11.6 Å². The monoisotopic (exact) mass is 198 g/mol. The summed E-state index contributed by atoms with van der Waals surface area (Å²) in [7, 11) is 0. The molecule has 3 heteroatoms. The summed E-state index contributed by atoms with van der Waals surface area (Å²) < 4.78 is 5.01. The average Bonchev–Trinajstić information content (AvgIpc) is 2.19. The van der Waals surface area contributed by atoms with Gasteiger partial charge in [-0.2, -0.15) is 0 Å². The quantitative estimate of drug-likeness (QED) is 0.551. The highest BCUT2D eigenvalue weighted by molar-refractivity contribution is 6.26. The van der Waals surface area contributed by atoms with Crippen molar-refractivity contribution in [1.29, 1.82) is 0 Å². The molecule has 0 heterocycles. The summed E-state index contributed by atoms with van der Waals surface area (Å²) >= 11 is 5.31. The predicted molar refractivity (Wildman–Crippen MR) is 51.7 cm³/mol. The zero-order chi connectivity index (χ0) is 9.68. The number of esters is 1. The van der Waals surface area contributed by atoms with Crippen LogP contribution >= 0.6 is 11.6 Å². The second kappa shape index (κ2) is 4.87. The molecule has 0 aliphatic carbocycles. The third kappa shape index (κ3) is 3.07. The fourth-order valence-corrected chi connectivity index (χ4v) is 1.08. The highest BCUT2D eigenvalue weighted by atomic mass is 35.5. The van der Waals surface area contributed by atoms with Crippen LogP contribution in [0.3, 0.4) is 0 Å². The first-order valence-corrected chi connectivity index (χ1v) is 4.58. The van der Waals surface area contributed by atoms with Gasteiger partial charge in [-0.1, -0.05) is 30.3 Å². The van der Waals surface area contributed by atoms with Crippen LogP contribution in [0.25, 0.3) is 0 Å². The summed E-state index contributed by atoms with van der Waals surface area (Å²) in [5.41, 5.74) is 0.973. The third-order valence-corrected chi connectivity index (χ3v) is 1.90. The molecule has 1 aromatic rings. The number of ether oxygens (including phenoxy) is 1. The highest BCUT2D eigenvalue weighted by Crippen LogP contribution is 2.15.